The molecule has 1 saturated carbocycles. The van der Waals surface area contributed by atoms with E-state index in [9.17, 15) is 5.11 Å². The number of halogens is 2. The molecule has 2 unspecified atom stereocenters. The molecule has 2 aromatic rings. The first kappa shape index (κ1) is 21.1. The normalized spacial score (nSPS) is 22.5. The van der Waals surface area contributed by atoms with E-state index in [1.165, 1.54) is 17.7 Å². The maximum Gasteiger partial charge on any atom is 0.0719 e. The smallest absolute Gasteiger partial charge is 0.0719 e. The number of hydrogen-bond donors (Lipinski definition) is 1. The molecular weight excluding hydrogens is 365 g/mol. The molecule has 1 aliphatic rings. The monoisotopic (exact) mass is 393 g/mol. The first-order valence-electron chi connectivity index (χ1n) is 9.20. The minimum atomic E-state index is -0.678. The molecule has 0 heterocycles. The van der Waals surface area contributed by atoms with Gasteiger partial charge in [-0.15, -0.1) is 12.4 Å². The second-order valence-electron chi connectivity index (χ2n) is 7.54. The maximum absolute atomic E-state index is 11.5. The van der Waals surface area contributed by atoms with Gasteiger partial charge in [0.25, 0.3) is 0 Å². The van der Waals surface area contributed by atoms with Gasteiger partial charge in [0.2, 0.25) is 0 Å². The minimum absolute atomic E-state index is 0. The van der Waals surface area contributed by atoms with Crippen LogP contribution in [0.3, 0.4) is 0 Å². The summed E-state index contributed by atoms with van der Waals surface area (Å²) in [6.07, 6.45) is 5.76. The number of aliphatic hydroxyl groups is 1. The number of nitrogens with zero attached hydrogens (tertiary/aromatic N) is 1. The van der Waals surface area contributed by atoms with E-state index in [0.717, 1.165) is 36.3 Å². The highest BCUT2D eigenvalue weighted by Gasteiger charge is 2.39. The Balaban J connectivity index is 0.00000243. The zero-order valence-electron chi connectivity index (χ0n) is 15.6. The van der Waals surface area contributed by atoms with Crippen LogP contribution < -0.4 is 4.90 Å². The van der Waals surface area contributed by atoms with E-state index in [4.69, 9.17) is 11.6 Å². The Morgan fingerprint density at radius 3 is 2.38 bits per heavy atom. The van der Waals surface area contributed by atoms with Gasteiger partial charge in [0.05, 0.1) is 5.60 Å². The van der Waals surface area contributed by atoms with E-state index in [0.29, 0.717) is 6.42 Å². The Kier molecular flexibility index (Phi) is 7.40. The third-order valence-corrected chi connectivity index (χ3v) is 5.94. The summed E-state index contributed by atoms with van der Waals surface area (Å²) < 4.78 is 0. The summed E-state index contributed by atoms with van der Waals surface area (Å²) in [5.74, 6) is 0.263. The Morgan fingerprint density at radius 1 is 1.04 bits per heavy atom. The zero-order chi connectivity index (χ0) is 17.9. The summed E-state index contributed by atoms with van der Waals surface area (Å²) in [6, 6.07) is 16.4. The van der Waals surface area contributed by atoms with Gasteiger partial charge in [-0.2, -0.15) is 0 Å². The third-order valence-electron chi connectivity index (χ3n) is 5.57. The Morgan fingerprint density at radius 2 is 1.69 bits per heavy atom. The highest BCUT2D eigenvalue weighted by Crippen LogP contribution is 2.40. The molecular formula is C22H29Cl2NO. The van der Waals surface area contributed by atoms with Gasteiger partial charge in [0.1, 0.15) is 0 Å². The summed E-state index contributed by atoms with van der Waals surface area (Å²) in [6.45, 7) is 0. The molecule has 0 aromatic heterocycles. The lowest BCUT2D eigenvalue weighted by Gasteiger charge is -2.41. The van der Waals surface area contributed by atoms with Gasteiger partial charge in [-0.05, 0) is 48.4 Å². The first-order valence-corrected chi connectivity index (χ1v) is 9.58. The van der Waals surface area contributed by atoms with E-state index >= 15 is 0 Å². The quantitative estimate of drug-likeness (QED) is 0.720. The van der Waals surface area contributed by atoms with E-state index < -0.39 is 5.60 Å². The lowest BCUT2D eigenvalue weighted by Crippen LogP contribution is -2.44. The number of hydrogen-bond acceptors (Lipinski definition) is 2. The molecule has 1 aliphatic carbocycles. The molecule has 4 heteroatoms. The molecule has 1 fully saturated rings. The predicted molar refractivity (Wildman–Crippen MR) is 114 cm³/mol. The van der Waals surface area contributed by atoms with Crippen LogP contribution in [0.25, 0.3) is 0 Å². The highest BCUT2D eigenvalue weighted by atomic mass is 35.5. The van der Waals surface area contributed by atoms with Crippen molar-refractivity contribution in [2.24, 2.45) is 5.92 Å². The van der Waals surface area contributed by atoms with Gasteiger partial charge in [0, 0.05) is 31.2 Å². The Labute approximate surface area is 168 Å². The van der Waals surface area contributed by atoms with Crippen molar-refractivity contribution in [3.8, 4) is 0 Å². The second-order valence-corrected chi connectivity index (χ2v) is 7.95. The highest BCUT2D eigenvalue weighted by molar-refractivity contribution is 6.31. The summed E-state index contributed by atoms with van der Waals surface area (Å²) in [5, 5.41) is 12.3. The molecule has 142 valence electrons. The topological polar surface area (TPSA) is 23.5 Å². The molecule has 0 spiro atoms. The average molecular weight is 394 g/mol. The molecule has 2 nitrogen and oxygen atoms in total. The largest absolute Gasteiger partial charge is 0.389 e. The van der Waals surface area contributed by atoms with Crippen molar-refractivity contribution in [1.29, 1.82) is 0 Å². The standard InChI is InChI=1S/C22H28ClNO.ClH/c1-24(2)21-13-6-4-9-17(21)15-19-11-7-8-14-22(19,25)16-18-10-3-5-12-20(18)23;/h3-6,9-10,12-13,19,25H,7-8,11,14-16H2,1-2H3;1H. The lowest BCUT2D eigenvalue weighted by molar-refractivity contribution is -0.0475. The molecule has 0 amide bonds. The number of anilines is 1. The fourth-order valence-corrected chi connectivity index (χ4v) is 4.38. The minimum Gasteiger partial charge on any atom is -0.389 e. The van der Waals surface area contributed by atoms with Crippen molar-refractivity contribution in [3.63, 3.8) is 0 Å². The van der Waals surface area contributed by atoms with Crippen molar-refractivity contribution < 1.29 is 5.11 Å². The van der Waals surface area contributed by atoms with Gasteiger partial charge in [-0.25, -0.2) is 0 Å². The number of para-hydroxylation sites is 1. The fourth-order valence-electron chi connectivity index (χ4n) is 4.18. The molecule has 0 saturated heterocycles. The van der Waals surface area contributed by atoms with Crippen LogP contribution >= 0.6 is 24.0 Å². The fraction of sp³-hybridized carbons (Fsp3) is 0.455. The maximum atomic E-state index is 11.5. The third kappa shape index (κ3) is 4.73. The van der Waals surface area contributed by atoms with Gasteiger partial charge < -0.3 is 10.0 Å². The Hall–Kier alpha value is -1.22. The van der Waals surface area contributed by atoms with E-state index in [1.54, 1.807) is 0 Å². The van der Waals surface area contributed by atoms with Crippen molar-refractivity contribution in [3.05, 3.63) is 64.7 Å². The molecule has 3 rings (SSSR count). The van der Waals surface area contributed by atoms with Gasteiger partial charge >= 0.3 is 0 Å². The van der Waals surface area contributed by atoms with Gasteiger partial charge in [-0.1, -0.05) is 60.8 Å². The summed E-state index contributed by atoms with van der Waals surface area (Å²) in [5.41, 5.74) is 2.94. The van der Waals surface area contributed by atoms with E-state index in [2.05, 4.69) is 43.3 Å². The van der Waals surface area contributed by atoms with Crippen LogP contribution in [-0.4, -0.2) is 24.8 Å². The Bertz CT molecular complexity index is 719. The van der Waals surface area contributed by atoms with Crippen LogP contribution in [0.5, 0.6) is 0 Å². The van der Waals surface area contributed by atoms with Crippen LogP contribution in [0.2, 0.25) is 5.02 Å². The number of benzene rings is 2. The average Bonchev–Trinajstić information content (AvgIpc) is 2.59. The SMILES string of the molecule is CN(C)c1ccccc1CC1CCCCC1(O)Cc1ccccc1Cl.Cl. The van der Waals surface area contributed by atoms with Crippen molar-refractivity contribution in [1.82, 2.24) is 0 Å². The van der Waals surface area contributed by atoms with Crippen molar-refractivity contribution >= 4 is 29.7 Å². The molecule has 1 N–H and O–H groups in total. The van der Waals surface area contributed by atoms with E-state index in [-0.39, 0.29) is 18.3 Å². The summed E-state index contributed by atoms with van der Waals surface area (Å²) >= 11 is 6.36. The van der Waals surface area contributed by atoms with Crippen LogP contribution in [0.4, 0.5) is 5.69 Å². The summed E-state index contributed by atoms with van der Waals surface area (Å²) in [7, 11) is 4.16. The van der Waals surface area contributed by atoms with Crippen LogP contribution in [0, 0.1) is 5.92 Å². The lowest BCUT2D eigenvalue weighted by atomic mass is 9.70. The predicted octanol–water partition coefficient (Wildman–Crippen LogP) is 5.53. The molecule has 0 radical (unpaired) electrons. The summed E-state index contributed by atoms with van der Waals surface area (Å²) in [4.78, 5) is 2.16. The van der Waals surface area contributed by atoms with E-state index in [1.807, 2.05) is 24.3 Å². The van der Waals surface area contributed by atoms with Gasteiger partial charge in [0.15, 0.2) is 0 Å². The first-order chi connectivity index (χ1) is 12.0. The molecule has 0 aliphatic heterocycles. The second kappa shape index (κ2) is 9.12. The van der Waals surface area contributed by atoms with Crippen molar-refractivity contribution in [2.45, 2.75) is 44.1 Å². The number of rotatable bonds is 5. The molecule has 0 bridgehead atoms. The molecule has 2 aromatic carbocycles. The zero-order valence-corrected chi connectivity index (χ0v) is 17.2. The van der Waals surface area contributed by atoms with Crippen LogP contribution in [0.1, 0.15) is 36.8 Å². The molecule has 2 atom stereocenters. The van der Waals surface area contributed by atoms with Crippen LogP contribution in [0.15, 0.2) is 48.5 Å². The van der Waals surface area contributed by atoms with Crippen LogP contribution in [-0.2, 0) is 12.8 Å². The van der Waals surface area contributed by atoms with Crippen molar-refractivity contribution in [2.75, 3.05) is 19.0 Å². The molecule has 26 heavy (non-hydrogen) atoms. The van der Waals surface area contributed by atoms with Gasteiger partial charge in [-0.3, -0.25) is 0 Å².